The molecule has 0 radical (unpaired) electrons. The second-order valence-corrected chi connectivity index (χ2v) is 6.82. The minimum atomic E-state index is 0.714. The number of ether oxygens (including phenoxy) is 1. The fourth-order valence-electron chi connectivity index (χ4n) is 2.97. The normalized spacial score (nSPS) is 11.6. The van der Waals surface area contributed by atoms with E-state index in [0.29, 0.717) is 6.54 Å². The maximum absolute atomic E-state index is 6.31. The van der Waals surface area contributed by atoms with Crippen molar-refractivity contribution in [3.8, 4) is 5.75 Å². The van der Waals surface area contributed by atoms with Gasteiger partial charge in [0.15, 0.2) is 5.96 Å². The van der Waals surface area contributed by atoms with Gasteiger partial charge in [-0.2, -0.15) is 5.10 Å². The highest BCUT2D eigenvalue weighted by atomic mass is 35.5. The lowest BCUT2D eigenvalue weighted by Gasteiger charge is -2.12. The molecule has 6 nitrogen and oxygen atoms in total. The van der Waals surface area contributed by atoms with Crippen LogP contribution in [-0.4, -0.2) is 42.5 Å². The van der Waals surface area contributed by atoms with Gasteiger partial charge in [-0.1, -0.05) is 17.7 Å². The van der Waals surface area contributed by atoms with Crippen molar-refractivity contribution in [3.63, 3.8) is 0 Å². The summed E-state index contributed by atoms with van der Waals surface area (Å²) in [6, 6.07) is 5.77. The monoisotopic (exact) mass is 391 g/mol. The van der Waals surface area contributed by atoms with Gasteiger partial charge in [0.1, 0.15) is 5.75 Å². The average Bonchev–Trinajstić information content (AvgIpc) is 2.88. The van der Waals surface area contributed by atoms with Crippen LogP contribution < -0.4 is 15.4 Å². The largest absolute Gasteiger partial charge is 0.497 e. The highest BCUT2D eigenvalue weighted by molar-refractivity contribution is 6.31. The Hall–Kier alpha value is -2.21. The molecule has 27 heavy (non-hydrogen) atoms. The van der Waals surface area contributed by atoms with Gasteiger partial charge in [-0.3, -0.25) is 9.67 Å². The van der Waals surface area contributed by atoms with Gasteiger partial charge in [-0.15, -0.1) is 0 Å². The number of hydrogen-bond donors (Lipinski definition) is 2. The number of aromatic nitrogens is 2. The lowest BCUT2D eigenvalue weighted by molar-refractivity contribution is 0.414. The molecule has 0 fully saturated rings. The highest BCUT2D eigenvalue weighted by Gasteiger charge is 2.09. The molecule has 0 spiro atoms. The number of aliphatic imine (C=N–C) groups is 1. The van der Waals surface area contributed by atoms with Crippen molar-refractivity contribution in [3.05, 3.63) is 45.7 Å². The van der Waals surface area contributed by atoms with Crippen LogP contribution in [0, 0.1) is 13.8 Å². The van der Waals surface area contributed by atoms with E-state index in [1.54, 1.807) is 7.11 Å². The van der Waals surface area contributed by atoms with Gasteiger partial charge in [0, 0.05) is 37.4 Å². The standard InChI is InChI=1S/C20H30ClN5O/c1-6-22-20(24-12-10-18-14(2)25-26(4)15(18)3)23-11-9-16-7-8-17(27-5)13-19(16)21/h7-8,13H,6,9-12H2,1-5H3,(H2,22,23,24). The van der Waals surface area contributed by atoms with Crippen molar-refractivity contribution >= 4 is 17.6 Å². The molecule has 0 aliphatic carbocycles. The van der Waals surface area contributed by atoms with Gasteiger partial charge < -0.3 is 15.4 Å². The minimum absolute atomic E-state index is 0.714. The first-order valence-corrected chi connectivity index (χ1v) is 9.67. The summed E-state index contributed by atoms with van der Waals surface area (Å²) in [5.41, 5.74) is 4.65. The first-order valence-electron chi connectivity index (χ1n) is 9.29. The van der Waals surface area contributed by atoms with Crippen LogP contribution in [-0.2, 0) is 19.9 Å². The Bertz CT molecular complexity index is 785. The topological polar surface area (TPSA) is 63.5 Å². The fourth-order valence-corrected chi connectivity index (χ4v) is 3.24. The van der Waals surface area contributed by atoms with Crippen LogP contribution in [0.5, 0.6) is 5.75 Å². The van der Waals surface area contributed by atoms with Crippen LogP contribution in [0.4, 0.5) is 0 Å². The molecule has 0 amide bonds. The predicted octanol–water partition coefficient (Wildman–Crippen LogP) is 3.04. The summed E-state index contributed by atoms with van der Waals surface area (Å²) >= 11 is 6.31. The number of rotatable bonds is 8. The summed E-state index contributed by atoms with van der Waals surface area (Å²) < 4.78 is 7.12. The van der Waals surface area contributed by atoms with Gasteiger partial charge in [0.25, 0.3) is 0 Å². The van der Waals surface area contributed by atoms with E-state index in [-0.39, 0.29) is 0 Å². The van der Waals surface area contributed by atoms with E-state index in [2.05, 4.69) is 34.6 Å². The van der Waals surface area contributed by atoms with Crippen molar-refractivity contribution in [1.82, 2.24) is 20.4 Å². The van der Waals surface area contributed by atoms with Crippen molar-refractivity contribution < 1.29 is 4.74 Å². The Kier molecular flexibility index (Phi) is 7.98. The molecule has 2 N–H and O–H groups in total. The predicted molar refractivity (Wildman–Crippen MR) is 112 cm³/mol. The second kappa shape index (κ2) is 10.2. The van der Waals surface area contributed by atoms with Crippen molar-refractivity contribution in [1.29, 1.82) is 0 Å². The van der Waals surface area contributed by atoms with E-state index in [0.717, 1.165) is 53.9 Å². The molecule has 0 atom stereocenters. The van der Waals surface area contributed by atoms with Crippen molar-refractivity contribution in [2.75, 3.05) is 26.7 Å². The molecule has 0 bridgehead atoms. The van der Waals surface area contributed by atoms with E-state index in [4.69, 9.17) is 16.3 Å². The number of nitrogens with zero attached hydrogens (tertiary/aromatic N) is 3. The zero-order chi connectivity index (χ0) is 19.8. The SMILES string of the molecule is CCNC(=NCCc1c(C)nn(C)c1C)NCCc1ccc(OC)cc1Cl. The average molecular weight is 392 g/mol. The number of nitrogens with one attached hydrogen (secondary N) is 2. The third-order valence-corrected chi connectivity index (χ3v) is 4.93. The van der Waals surface area contributed by atoms with Crippen LogP contribution in [0.3, 0.4) is 0 Å². The van der Waals surface area contributed by atoms with Crippen LogP contribution in [0.1, 0.15) is 29.4 Å². The zero-order valence-electron chi connectivity index (χ0n) is 16.9. The molecular formula is C20H30ClN5O. The Labute approximate surface area is 167 Å². The minimum Gasteiger partial charge on any atom is -0.497 e. The third-order valence-electron chi connectivity index (χ3n) is 4.58. The van der Waals surface area contributed by atoms with E-state index in [1.165, 1.54) is 11.3 Å². The molecule has 0 saturated heterocycles. The van der Waals surface area contributed by atoms with E-state index < -0.39 is 0 Å². The van der Waals surface area contributed by atoms with Crippen molar-refractivity contribution in [2.45, 2.75) is 33.6 Å². The summed E-state index contributed by atoms with van der Waals surface area (Å²) in [7, 11) is 3.62. The fraction of sp³-hybridized carbons (Fsp3) is 0.500. The Morgan fingerprint density at radius 1 is 1.26 bits per heavy atom. The third kappa shape index (κ3) is 5.89. The first-order chi connectivity index (χ1) is 13.0. The molecule has 0 saturated carbocycles. The van der Waals surface area contributed by atoms with Gasteiger partial charge in [-0.05, 0) is 56.9 Å². The number of guanidine groups is 1. The van der Waals surface area contributed by atoms with E-state index in [1.807, 2.05) is 36.9 Å². The molecule has 0 aliphatic rings. The van der Waals surface area contributed by atoms with Gasteiger partial charge in [-0.25, -0.2) is 0 Å². The lowest BCUT2D eigenvalue weighted by Crippen LogP contribution is -2.38. The Morgan fingerprint density at radius 2 is 2.04 bits per heavy atom. The van der Waals surface area contributed by atoms with E-state index in [9.17, 15) is 0 Å². The quantitative estimate of drug-likeness (QED) is 0.536. The van der Waals surface area contributed by atoms with Crippen molar-refractivity contribution in [2.24, 2.45) is 12.0 Å². The van der Waals surface area contributed by atoms with Gasteiger partial charge >= 0.3 is 0 Å². The van der Waals surface area contributed by atoms with E-state index >= 15 is 0 Å². The maximum atomic E-state index is 6.31. The first kappa shape index (κ1) is 21.1. The molecule has 2 aromatic rings. The lowest BCUT2D eigenvalue weighted by atomic mass is 10.1. The maximum Gasteiger partial charge on any atom is 0.191 e. The molecule has 0 unspecified atom stereocenters. The summed E-state index contributed by atoms with van der Waals surface area (Å²) in [6.45, 7) is 8.50. The van der Waals surface area contributed by atoms with Crippen LogP contribution in [0.25, 0.3) is 0 Å². The molecule has 0 aliphatic heterocycles. The molecule has 7 heteroatoms. The van der Waals surface area contributed by atoms with Gasteiger partial charge in [0.2, 0.25) is 0 Å². The van der Waals surface area contributed by atoms with Crippen LogP contribution >= 0.6 is 11.6 Å². The summed E-state index contributed by atoms with van der Waals surface area (Å²) in [6.07, 6.45) is 1.69. The van der Waals surface area contributed by atoms with Gasteiger partial charge in [0.05, 0.1) is 12.8 Å². The highest BCUT2D eigenvalue weighted by Crippen LogP contribution is 2.22. The summed E-state index contributed by atoms with van der Waals surface area (Å²) in [5.74, 6) is 1.59. The summed E-state index contributed by atoms with van der Waals surface area (Å²) in [4.78, 5) is 4.69. The number of benzene rings is 1. The smallest absolute Gasteiger partial charge is 0.191 e. The summed E-state index contributed by atoms with van der Waals surface area (Å²) in [5, 5.41) is 11.8. The van der Waals surface area contributed by atoms with Crippen LogP contribution in [0.2, 0.25) is 5.02 Å². The molecule has 1 aromatic heterocycles. The van der Waals surface area contributed by atoms with Crippen LogP contribution in [0.15, 0.2) is 23.2 Å². The number of hydrogen-bond acceptors (Lipinski definition) is 3. The Balaban J connectivity index is 1.90. The number of aryl methyl sites for hydroxylation is 2. The number of halogens is 1. The second-order valence-electron chi connectivity index (χ2n) is 6.42. The molecule has 1 heterocycles. The molecule has 2 rings (SSSR count). The molecule has 148 valence electrons. The number of methoxy groups -OCH3 is 1. The molecule has 1 aromatic carbocycles. The molecular weight excluding hydrogens is 362 g/mol. The Morgan fingerprint density at radius 3 is 2.63 bits per heavy atom. The zero-order valence-corrected chi connectivity index (χ0v) is 17.7.